The molecule has 2 fully saturated rings. The van der Waals surface area contributed by atoms with Crippen LogP contribution in [0.25, 0.3) is 11.4 Å². The lowest BCUT2D eigenvalue weighted by molar-refractivity contribution is -0.141. The Morgan fingerprint density at radius 3 is 2.77 bits per heavy atom. The van der Waals surface area contributed by atoms with Crippen LogP contribution in [0.1, 0.15) is 25.8 Å². The van der Waals surface area contributed by atoms with Crippen molar-refractivity contribution in [3.8, 4) is 17.3 Å². The Hall–Kier alpha value is -3.97. The molecule has 13 heteroatoms. The van der Waals surface area contributed by atoms with Crippen molar-refractivity contribution in [3.05, 3.63) is 54.4 Å². The van der Waals surface area contributed by atoms with Crippen LogP contribution in [0.3, 0.4) is 0 Å². The van der Waals surface area contributed by atoms with Crippen LogP contribution in [0, 0.1) is 0 Å². The van der Waals surface area contributed by atoms with Crippen LogP contribution in [0.2, 0.25) is 0 Å². The minimum Gasteiger partial charge on any atom is -0.475 e. The molecule has 3 aromatic rings. The van der Waals surface area contributed by atoms with E-state index in [1.54, 1.807) is 23.2 Å². The quantitative estimate of drug-likeness (QED) is 0.482. The number of hydrogen-bond acceptors (Lipinski definition) is 8. The average molecular weight is 557 g/mol. The van der Waals surface area contributed by atoms with Gasteiger partial charge in [-0.05, 0) is 38.5 Å². The van der Waals surface area contributed by atoms with E-state index in [4.69, 9.17) is 14.2 Å². The first kappa shape index (κ1) is 26.3. The Morgan fingerprint density at radius 2 is 2.05 bits per heavy atom. The summed E-state index contributed by atoms with van der Waals surface area (Å²) in [5, 5.41) is 2.86. The molecule has 2 saturated heterocycles. The molecule has 0 aliphatic carbocycles. The van der Waals surface area contributed by atoms with Crippen molar-refractivity contribution >= 4 is 23.2 Å². The Balaban J connectivity index is 1.19. The summed E-state index contributed by atoms with van der Waals surface area (Å²) < 4.78 is 56.8. The molecule has 5 heterocycles. The van der Waals surface area contributed by atoms with E-state index in [1.807, 2.05) is 13.8 Å². The summed E-state index contributed by atoms with van der Waals surface area (Å²) in [6, 6.07) is 7.58. The van der Waals surface area contributed by atoms with Crippen LogP contribution < -0.4 is 19.9 Å². The van der Waals surface area contributed by atoms with Crippen molar-refractivity contribution in [2.75, 3.05) is 41.4 Å². The maximum atomic E-state index is 13.5. The van der Waals surface area contributed by atoms with Crippen molar-refractivity contribution in [2.45, 2.75) is 44.4 Å². The number of rotatable bonds is 5. The third-order valence-corrected chi connectivity index (χ3v) is 6.99. The number of alkyl halides is 3. The predicted molar refractivity (Wildman–Crippen MR) is 139 cm³/mol. The highest BCUT2D eigenvalue weighted by molar-refractivity contribution is 6.04. The highest BCUT2D eigenvalue weighted by Crippen LogP contribution is 2.40. The molecule has 1 aromatic carbocycles. The summed E-state index contributed by atoms with van der Waals surface area (Å²) in [5.41, 5.74) is 0.525. The number of ether oxygens (including phenoxy) is 3. The molecule has 6 rings (SSSR count). The lowest BCUT2D eigenvalue weighted by Gasteiger charge is -2.35. The van der Waals surface area contributed by atoms with Gasteiger partial charge >= 0.3 is 12.2 Å². The molecule has 0 spiro atoms. The summed E-state index contributed by atoms with van der Waals surface area (Å²) in [6.45, 7) is 5.71. The van der Waals surface area contributed by atoms with E-state index in [0.29, 0.717) is 42.8 Å². The van der Waals surface area contributed by atoms with Gasteiger partial charge in [0.25, 0.3) is 0 Å². The Kier molecular flexibility index (Phi) is 6.50. The zero-order valence-electron chi connectivity index (χ0n) is 21.8. The highest BCUT2D eigenvalue weighted by Gasteiger charge is 2.41. The molecule has 0 radical (unpaired) electrons. The van der Waals surface area contributed by atoms with Crippen molar-refractivity contribution in [2.24, 2.45) is 0 Å². The molecule has 2 amide bonds. The van der Waals surface area contributed by atoms with Crippen molar-refractivity contribution in [3.63, 3.8) is 0 Å². The average Bonchev–Trinajstić information content (AvgIpc) is 3.50. The number of benzene rings is 1. The fourth-order valence-corrected chi connectivity index (χ4v) is 5.09. The molecule has 1 N–H and O–H groups in total. The van der Waals surface area contributed by atoms with Gasteiger partial charge in [-0.1, -0.05) is 12.1 Å². The van der Waals surface area contributed by atoms with Crippen molar-refractivity contribution in [1.29, 1.82) is 0 Å². The molecular weight excluding hydrogens is 529 g/mol. The number of pyridine rings is 1. The molecule has 3 aliphatic rings. The van der Waals surface area contributed by atoms with Crippen LogP contribution in [0.15, 0.2) is 48.8 Å². The molecule has 40 heavy (non-hydrogen) atoms. The Labute approximate surface area is 228 Å². The third-order valence-electron chi connectivity index (χ3n) is 6.99. The third kappa shape index (κ3) is 5.26. The first-order valence-corrected chi connectivity index (χ1v) is 12.9. The second-order valence-electron chi connectivity index (χ2n) is 10.3. The van der Waals surface area contributed by atoms with Crippen LogP contribution in [-0.2, 0) is 15.7 Å². The SMILES string of the molecule is CC1(C)OC[C@H](COc2ccc(NC(=O)N3c4nc(-c5cccc(C(F)(F)F)c5)ncc4N4CCC3C4)cn2)O1. The van der Waals surface area contributed by atoms with Crippen LogP contribution in [0.4, 0.5) is 35.2 Å². The summed E-state index contributed by atoms with van der Waals surface area (Å²) >= 11 is 0. The number of anilines is 3. The van der Waals surface area contributed by atoms with Gasteiger partial charge in [-0.3, -0.25) is 4.90 Å². The zero-order valence-corrected chi connectivity index (χ0v) is 21.8. The number of urea groups is 1. The molecule has 3 aliphatic heterocycles. The fourth-order valence-electron chi connectivity index (χ4n) is 5.09. The van der Waals surface area contributed by atoms with Gasteiger partial charge in [0.1, 0.15) is 12.7 Å². The normalized spacial score (nSPS) is 21.3. The smallest absolute Gasteiger partial charge is 0.416 e. The van der Waals surface area contributed by atoms with Gasteiger partial charge in [-0.15, -0.1) is 0 Å². The maximum absolute atomic E-state index is 13.5. The summed E-state index contributed by atoms with van der Waals surface area (Å²) in [4.78, 5) is 30.3. The number of nitrogens with zero attached hydrogens (tertiary/aromatic N) is 5. The number of halogens is 3. The molecule has 2 atom stereocenters. The van der Waals surface area contributed by atoms with Gasteiger partial charge in [0.2, 0.25) is 5.88 Å². The Morgan fingerprint density at radius 1 is 1.20 bits per heavy atom. The minimum atomic E-state index is -4.49. The molecule has 2 bridgehead atoms. The van der Waals surface area contributed by atoms with Crippen LogP contribution >= 0.6 is 0 Å². The van der Waals surface area contributed by atoms with E-state index in [9.17, 15) is 18.0 Å². The summed E-state index contributed by atoms with van der Waals surface area (Å²) in [7, 11) is 0. The molecule has 210 valence electrons. The lowest BCUT2D eigenvalue weighted by atomic mass is 10.1. The van der Waals surface area contributed by atoms with Gasteiger partial charge < -0.3 is 24.4 Å². The standard InChI is InChI=1S/C27H27F3N6O4/c1-26(2)39-15-20(40-26)14-38-22-7-6-18(11-31-22)33-25(37)36-19-8-9-35(13-19)21-12-32-23(34-24(21)36)16-4-3-5-17(10-16)27(28,29)30/h3-7,10-12,19-20H,8-9,13-15H2,1-2H3,(H,33,37)/t19?,20-/m0/s1. The van der Waals surface area contributed by atoms with Gasteiger partial charge in [-0.2, -0.15) is 13.2 Å². The molecule has 1 unspecified atom stereocenters. The largest absolute Gasteiger partial charge is 0.475 e. The minimum absolute atomic E-state index is 0.105. The number of aromatic nitrogens is 3. The van der Waals surface area contributed by atoms with Gasteiger partial charge in [-0.25, -0.2) is 19.7 Å². The highest BCUT2D eigenvalue weighted by atomic mass is 19.4. The van der Waals surface area contributed by atoms with E-state index < -0.39 is 23.6 Å². The van der Waals surface area contributed by atoms with E-state index >= 15 is 0 Å². The number of carbonyl (C=O) groups excluding carboxylic acids is 1. The van der Waals surface area contributed by atoms with Gasteiger partial charge in [0.05, 0.1) is 42.0 Å². The molecule has 10 nitrogen and oxygen atoms in total. The van der Waals surface area contributed by atoms with Gasteiger partial charge in [0, 0.05) is 24.7 Å². The number of carbonyl (C=O) groups is 1. The first-order chi connectivity index (χ1) is 19.1. The molecule has 2 aromatic heterocycles. The molecular formula is C27H27F3N6O4. The van der Waals surface area contributed by atoms with Crippen molar-refractivity contribution < 1.29 is 32.2 Å². The van der Waals surface area contributed by atoms with Gasteiger partial charge in [0.15, 0.2) is 17.4 Å². The summed E-state index contributed by atoms with van der Waals surface area (Å²) in [5.74, 6) is 0.189. The number of hydrogen-bond donors (Lipinski definition) is 1. The molecule has 0 saturated carbocycles. The number of nitrogens with one attached hydrogen (secondary N) is 1. The zero-order chi connectivity index (χ0) is 28.1. The first-order valence-electron chi connectivity index (χ1n) is 12.9. The number of fused-ring (bicyclic) bond motifs is 4. The van der Waals surface area contributed by atoms with Crippen LogP contribution in [-0.4, -0.2) is 65.2 Å². The monoisotopic (exact) mass is 556 g/mol. The Bertz CT molecular complexity index is 1420. The fraction of sp³-hybridized carbons (Fsp3) is 0.407. The predicted octanol–water partition coefficient (Wildman–Crippen LogP) is 4.72. The second kappa shape index (κ2) is 9.89. The maximum Gasteiger partial charge on any atom is 0.416 e. The summed E-state index contributed by atoms with van der Waals surface area (Å²) in [6.07, 6.45) is -0.927. The van der Waals surface area contributed by atoms with E-state index in [0.717, 1.165) is 18.6 Å². The van der Waals surface area contributed by atoms with Crippen LogP contribution in [0.5, 0.6) is 5.88 Å². The second-order valence-corrected chi connectivity index (χ2v) is 10.3. The lowest BCUT2D eigenvalue weighted by Crippen LogP contribution is -2.48. The van der Waals surface area contributed by atoms with E-state index in [-0.39, 0.29) is 30.1 Å². The van der Waals surface area contributed by atoms with E-state index in [1.165, 1.54) is 18.3 Å². The number of amides is 2. The van der Waals surface area contributed by atoms with Crippen molar-refractivity contribution in [1.82, 2.24) is 15.0 Å². The van der Waals surface area contributed by atoms with E-state index in [2.05, 4.69) is 25.2 Å². The topological polar surface area (TPSA) is 102 Å².